The highest BCUT2D eigenvalue weighted by atomic mass is 16.5. The van der Waals surface area contributed by atoms with Crippen LogP contribution in [0.15, 0.2) is 24.3 Å². The largest absolute Gasteiger partial charge is 0.497 e. The van der Waals surface area contributed by atoms with Gasteiger partial charge in [0.05, 0.1) is 7.11 Å². The molecule has 1 heterocycles. The van der Waals surface area contributed by atoms with Crippen LogP contribution in [0.4, 0.5) is 0 Å². The Labute approximate surface area is 133 Å². The van der Waals surface area contributed by atoms with Gasteiger partial charge in [-0.25, -0.2) is 0 Å². The second kappa shape index (κ2) is 8.18. The highest BCUT2D eigenvalue weighted by Crippen LogP contribution is 2.17. The zero-order valence-corrected chi connectivity index (χ0v) is 13.9. The van der Waals surface area contributed by atoms with Crippen molar-refractivity contribution >= 4 is 5.91 Å². The second-order valence-electron chi connectivity index (χ2n) is 6.37. The maximum Gasteiger partial charge on any atom is 0.223 e. The first-order valence-electron chi connectivity index (χ1n) is 8.25. The molecule has 0 saturated carbocycles. The Kier molecular flexibility index (Phi) is 6.25. The molecule has 2 rings (SSSR count). The van der Waals surface area contributed by atoms with Crippen molar-refractivity contribution in [3.63, 3.8) is 0 Å². The third kappa shape index (κ3) is 5.02. The molecule has 0 radical (unpaired) electrons. The fourth-order valence-electron chi connectivity index (χ4n) is 2.98. The van der Waals surface area contributed by atoms with Crippen LogP contribution in [0.25, 0.3) is 0 Å². The third-order valence-corrected chi connectivity index (χ3v) is 4.41. The zero-order valence-electron chi connectivity index (χ0n) is 13.9. The number of hydrogen-bond donors (Lipinski definition) is 2. The van der Waals surface area contributed by atoms with Gasteiger partial charge in [-0.1, -0.05) is 12.1 Å². The summed E-state index contributed by atoms with van der Waals surface area (Å²) in [5.41, 5.74) is 1.28. The minimum Gasteiger partial charge on any atom is -0.497 e. The van der Waals surface area contributed by atoms with E-state index in [1.165, 1.54) is 5.56 Å². The summed E-state index contributed by atoms with van der Waals surface area (Å²) in [6.45, 7) is 5.18. The van der Waals surface area contributed by atoms with Crippen LogP contribution < -0.4 is 15.4 Å². The minimum absolute atomic E-state index is 0.166. The lowest BCUT2D eigenvalue weighted by molar-refractivity contribution is -0.126. The van der Waals surface area contributed by atoms with Gasteiger partial charge in [0.1, 0.15) is 5.75 Å². The van der Waals surface area contributed by atoms with Crippen molar-refractivity contribution in [1.29, 1.82) is 0 Å². The van der Waals surface area contributed by atoms with Gasteiger partial charge >= 0.3 is 0 Å². The van der Waals surface area contributed by atoms with Crippen LogP contribution >= 0.6 is 0 Å². The van der Waals surface area contributed by atoms with Crippen molar-refractivity contribution in [2.75, 3.05) is 13.7 Å². The van der Waals surface area contributed by atoms with Gasteiger partial charge in [0.2, 0.25) is 5.91 Å². The summed E-state index contributed by atoms with van der Waals surface area (Å²) >= 11 is 0. The Morgan fingerprint density at radius 2 is 2.14 bits per heavy atom. The van der Waals surface area contributed by atoms with E-state index in [0.29, 0.717) is 6.04 Å². The van der Waals surface area contributed by atoms with Crippen LogP contribution in [0.2, 0.25) is 0 Å². The van der Waals surface area contributed by atoms with E-state index in [0.717, 1.165) is 38.0 Å². The van der Waals surface area contributed by atoms with E-state index < -0.39 is 0 Å². The van der Waals surface area contributed by atoms with Gasteiger partial charge < -0.3 is 15.4 Å². The summed E-state index contributed by atoms with van der Waals surface area (Å²) in [6, 6.07) is 8.78. The molecule has 2 N–H and O–H groups in total. The molecule has 1 aromatic carbocycles. The minimum atomic E-state index is 0.166. The van der Waals surface area contributed by atoms with Gasteiger partial charge in [-0.3, -0.25) is 4.79 Å². The number of ether oxygens (including phenoxy) is 1. The predicted molar refractivity (Wildman–Crippen MR) is 89.1 cm³/mol. The summed E-state index contributed by atoms with van der Waals surface area (Å²) in [4.78, 5) is 12.3. The molecule has 4 heteroatoms. The zero-order chi connectivity index (χ0) is 15.9. The molecule has 1 saturated heterocycles. The first-order valence-corrected chi connectivity index (χ1v) is 8.25. The lowest BCUT2D eigenvalue weighted by Crippen LogP contribution is -2.44. The van der Waals surface area contributed by atoms with E-state index in [9.17, 15) is 4.79 Å². The topological polar surface area (TPSA) is 50.4 Å². The molecule has 1 aliphatic heterocycles. The Balaban J connectivity index is 1.74. The average Bonchev–Trinajstić information content (AvgIpc) is 2.53. The van der Waals surface area contributed by atoms with Crippen LogP contribution in [0.3, 0.4) is 0 Å². The van der Waals surface area contributed by atoms with Crippen molar-refractivity contribution in [3.05, 3.63) is 29.8 Å². The standard InChI is InChI=1S/C18H28N2O2/c1-13(4-5-15-6-8-17(22-3)9-7-15)20-18(21)16-10-11-19-14(2)12-16/h6-9,13-14,16,19H,4-5,10-12H2,1-3H3,(H,20,21)/t13?,14-,16-/m0/s1. The molecule has 122 valence electrons. The first-order chi connectivity index (χ1) is 10.6. The second-order valence-corrected chi connectivity index (χ2v) is 6.37. The molecular formula is C18H28N2O2. The predicted octanol–water partition coefficient (Wildman–Crippen LogP) is 2.52. The Morgan fingerprint density at radius 3 is 2.77 bits per heavy atom. The Bertz CT molecular complexity index is 472. The molecule has 3 atom stereocenters. The highest BCUT2D eigenvalue weighted by molar-refractivity contribution is 5.79. The number of carbonyl (C=O) groups is 1. The van der Waals surface area contributed by atoms with Crippen LogP contribution in [0.1, 0.15) is 38.7 Å². The van der Waals surface area contributed by atoms with E-state index in [2.05, 4.69) is 36.6 Å². The molecular weight excluding hydrogens is 276 g/mol. The van der Waals surface area contributed by atoms with E-state index in [-0.39, 0.29) is 17.9 Å². The fraction of sp³-hybridized carbons (Fsp3) is 0.611. The van der Waals surface area contributed by atoms with Gasteiger partial charge in [0.15, 0.2) is 0 Å². The molecule has 1 fully saturated rings. The number of hydrogen-bond acceptors (Lipinski definition) is 3. The monoisotopic (exact) mass is 304 g/mol. The van der Waals surface area contributed by atoms with Gasteiger partial charge in [0, 0.05) is 18.0 Å². The van der Waals surface area contributed by atoms with Crippen molar-refractivity contribution in [2.24, 2.45) is 5.92 Å². The number of rotatable bonds is 6. The summed E-state index contributed by atoms with van der Waals surface area (Å²) in [7, 11) is 1.67. The summed E-state index contributed by atoms with van der Waals surface area (Å²) < 4.78 is 5.16. The van der Waals surface area contributed by atoms with Gasteiger partial charge in [0.25, 0.3) is 0 Å². The van der Waals surface area contributed by atoms with E-state index in [1.807, 2.05) is 12.1 Å². The Morgan fingerprint density at radius 1 is 1.41 bits per heavy atom. The van der Waals surface area contributed by atoms with Crippen molar-refractivity contribution < 1.29 is 9.53 Å². The molecule has 1 aromatic rings. The average molecular weight is 304 g/mol. The van der Waals surface area contributed by atoms with E-state index in [4.69, 9.17) is 4.74 Å². The molecule has 0 aromatic heterocycles. The maximum absolute atomic E-state index is 12.3. The molecule has 22 heavy (non-hydrogen) atoms. The lowest BCUT2D eigenvalue weighted by atomic mass is 9.92. The maximum atomic E-state index is 12.3. The van der Waals surface area contributed by atoms with Crippen molar-refractivity contribution in [2.45, 2.75) is 51.6 Å². The van der Waals surface area contributed by atoms with Gasteiger partial charge in [-0.15, -0.1) is 0 Å². The molecule has 1 aliphatic rings. The molecule has 1 amide bonds. The van der Waals surface area contributed by atoms with Crippen LogP contribution in [0, 0.1) is 5.92 Å². The third-order valence-electron chi connectivity index (χ3n) is 4.41. The quantitative estimate of drug-likeness (QED) is 0.849. The summed E-state index contributed by atoms with van der Waals surface area (Å²) in [6.07, 6.45) is 3.81. The number of amides is 1. The number of benzene rings is 1. The SMILES string of the molecule is COc1ccc(CCC(C)NC(=O)[C@H]2CCN[C@@H](C)C2)cc1. The fourth-order valence-corrected chi connectivity index (χ4v) is 2.98. The van der Waals surface area contributed by atoms with Gasteiger partial charge in [-0.05, 0) is 63.8 Å². The normalized spacial score (nSPS) is 22.9. The van der Waals surface area contributed by atoms with Crippen LogP contribution in [0.5, 0.6) is 5.75 Å². The Hall–Kier alpha value is -1.55. The number of piperidine rings is 1. The van der Waals surface area contributed by atoms with Crippen LogP contribution in [-0.4, -0.2) is 31.6 Å². The molecule has 0 bridgehead atoms. The summed E-state index contributed by atoms with van der Waals surface area (Å²) in [5, 5.41) is 6.56. The lowest BCUT2D eigenvalue weighted by Gasteiger charge is -2.28. The first kappa shape index (κ1) is 16.8. The number of carbonyl (C=O) groups excluding carboxylic acids is 1. The van der Waals surface area contributed by atoms with Gasteiger partial charge in [-0.2, -0.15) is 0 Å². The van der Waals surface area contributed by atoms with E-state index >= 15 is 0 Å². The van der Waals surface area contributed by atoms with Crippen molar-refractivity contribution in [1.82, 2.24) is 10.6 Å². The highest BCUT2D eigenvalue weighted by Gasteiger charge is 2.25. The molecule has 1 unspecified atom stereocenters. The molecule has 0 spiro atoms. The number of methoxy groups -OCH3 is 1. The smallest absolute Gasteiger partial charge is 0.223 e. The van der Waals surface area contributed by atoms with Crippen molar-refractivity contribution in [3.8, 4) is 5.75 Å². The number of aryl methyl sites for hydroxylation is 1. The van der Waals surface area contributed by atoms with E-state index in [1.54, 1.807) is 7.11 Å². The molecule has 4 nitrogen and oxygen atoms in total. The summed E-state index contributed by atoms with van der Waals surface area (Å²) in [5.74, 6) is 1.26. The van der Waals surface area contributed by atoms with Crippen LogP contribution in [-0.2, 0) is 11.2 Å². The number of nitrogens with one attached hydrogen (secondary N) is 2. The molecule has 0 aliphatic carbocycles.